The van der Waals surface area contributed by atoms with Gasteiger partial charge in [0.05, 0.1) is 18.9 Å². The molecule has 2 fully saturated rings. The van der Waals surface area contributed by atoms with Gasteiger partial charge in [0.15, 0.2) is 5.13 Å². The van der Waals surface area contributed by atoms with Crippen LogP contribution in [0.2, 0.25) is 0 Å². The molecular weight excluding hydrogens is 336 g/mol. The number of aromatic nitrogens is 1. The number of morpholine rings is 1. The van der Waals surface area contributed by atoms with Crippen molar-refractivity contribution in [2.45, 2.75) is 32.4 Å². The van der Waals surface area contributed by atoms with Crippen molar-refractivity contribution in [3.8, 4) is 0 Å². The van der Waals surface area contributed by atoms with Gasteiger partial charge in [-0.2, -0.15) is 0 Å². The average Bonchev–Trinajstić information content (AvgIpc) is 2.95. The van der Waals surface area contributed by atoms with Gasteiger partial charge in [-0.05, 0) is 26.3 Å². The molecule has 1 amide bonds. The van der Waals surface area contributed by atoms with Crippen LogP contribution in [-0.2, 0) is 16.1 Å². The first-order valence-corrected chi connectivity index (χ1v) is 8.87. The summed E-state index contributed by atoms with van der Waals surface area (Å²) in [6.07, 6.45) is 1.81. The van der Waals surface area contributed by atoms with Gasteiger partial charge in [-0.1, -0.05) is 0 Å². The number of anilines is 1. The number of halogens is 1. The molecule has 0 aromatic carbocycles. The molecule has 1 aromatic heterocycles. The highest BCUT2D eigenvalue weighted by atomic mass is 35.5. The molecule has 6 nitrogen and oxygen atoms in total. The summed E-state index contributed by atoms with van der Waals surface area (Å²) in [5.74, 6) is 0.212. The summed E-state index contributed by atoms with van der Waals surface area (Å²) in [5, 5.41) is 9.12. The Morgan fingerprint density at radius 3 is 3.04 bits per heavy atom. The minimum Gasteiger partial charge on any atom is -0.379 e. The first-order valence-electron chi connectivity index (χ1n) is 7.99. The van der Waals surface area contributed by atoms with E-state index in [2.05, 4.69) is 27.4 Å². The lowest BCUT2D eigenvalue weighted by Crippen LogP contribution is -2.40. The maximum absolute atomic E-state index is 12.3. The Kier molecular flexibility index (Phi) is 7.23. The number of ether oxygens (including phenoxy) is 1. The highest BCUT2D eigenvalue weighted by Crippen LogP contribution is 2.21. The summed E-state index contributed by atoms with van der Waals surface area (Å²) in [6.45, 7) is 7.37. The van der Waals surface area contributed by atoms with Crippen LogP contribution in [0.4, 0.5) is 5.13 Å². The number of nitrogens with zero attached hydrogens (tertiary/aromatic N) is 2. The molecule has 0 bridgehead atoms. The fourth-order valence-electron chi connectivity index (χ4n) is 3.00. The molecule has 1 aromatic rings. The fourth-order valence-corrected chi connectivity index (χ4v) is 3.71. The van der Waals surface area contributed by atoms with Gasteiger partial charge in [-0.25, -0.2) is 4.98 Å². The van der Waals surface area contributed by atoms with Crippen molar-refractivity contribution in [3.63, 3.8) is 0 Å². The van der Waals surface area contributed by atoms with Gasteiger partial charge < -0.3 is 15.4 Å². The van der Waals surface area contributed by atoms with Crippen LogP contribution in [0.3, 0.4) is 0 Å². The number of thiazole rings is 1. The first-order chi connectivity index (χ1) is 10.7. The minimum atomic E-state index is 0. The molecule has 130 valence electrons. The number of amides is 1. The van der Waals surface area contributed by atoms with E-state index < -0.39 is 0 Å². The summed E-state index contributed by atoms with van der Waals surface area (Å²) in [4.78, 5) is 19.2. The Balaban J connectivity index is 0.00000192. The normalized spacial score (nSPS) is 25.6. The molecule has 2 atom stereocenters. The van der Waals surface area contributed by atoms with Crippen molar-refractivity contribution >= 4 is 34.8 Å². The van der Waals surface area contributed by atoms with Crippen molar-refractivity contribution in [1.82, 2.24) is 15.2 Å². The maximum atomic E-state index is 12.3. The van der Waals surface area contributed by atoms with Crippen LogP contribution in [0, 0.1) is 5.92 Å². The van der Waals surface area contributed by atoms with Gasteiger partial charge in [0.25, 0.3) is 0 Å². The Hall–Kier alpha value is -0.730. The number of hydrogen-bond donors (Lipinski definition) is 2. The average molecular weight is 361 g/mol. The molecule has 23 heavy (non-hydrogen) atoms. The zero-order valence-corrected chi connectivity index (χ0v) is 15.0. The lowest BCUT2D eigenvalue weighted by molar-refractivity contribution is -0.120. The number of carbonyl (C=O) groups is 1. The second kappa shape index (κ2) is 8.94. The molecule has 2 aliphatic heterocycles. The molecule has 0 radical (unpaired) electrons. The number of hydrogen-bond acceptors (Lipinski definition) is 6. The van der Waals surface area contributed by atoms with E-state index in [9.17, 15) is 4.79 Å². The van der Waals surface area contributed by atoms with Gasteiger partial charge in [-0.15, -0.1) is 23.7 Å². The van der Waals surface area contributed by atoms with E-state index in [-0.39, 0.29) is 24.2 Å². The minimum absolute atomic E-state index is 0. The predicted molar refractivity (Wildman–Crippen MR) is 94.3 cm³/mol. The monoisotopic (exact) mass is 360 g/mol. The van der Waals surface area contributed by atoms with Crippen LogP contribution in [0.5, 0.6) is 0 Å². The van der Waals surface area contributed by atoms with E-state index >= 15 is 0 Å². The van der Waals surface area contributed by atoms with E-state index in [1.807, 2.05) is 5.38 Å². The summed E-state index contributed by atoms with van der Waals surface area (Å²) in [5.41, 5.74) is 1.03. The summed E-state index contributed by atoms with van der Waals surface area (Å²) in [6, 6.07) is 0.415. The topological polar surface area (TPSA) is 66.5 Å². The lowest BCUT2D eigenvalue weighted by atomic mass is 9.93. The smallest absolute Gasteiger partial charge is 0.229 e. The Labute approximate surface area is 147 Å². The molecule has 3 heterocycles. The van der Waals surface area contributed by atoms with Gasteiger partial charge in [-0.3, -0.25) is 9.69 Å². The number of rotatable bonds is 4. The molecule has 2 N–H and O–H groups in total. The molecule has 2 saturated heterocycles. The second-order valence-electron chi connectivity index (χ2n) is 6.10. The quantitative estimate of drug-likeness (QED) is 0.855. The van der Waals surface area contributed by atoms with E-state index in [0.717, 1.165) is 63.1 Å². The Morgan fingerprint density at radius 1 is 1.52 bits per heavy atom. The van der Waals surface area contributed by atoms with Crippen molar-refractivity contribution in [3.05, 3.63) is 11.1 Å². The van der Waals surface area contributed by atoms with Gasteiger partial charge in [0.1, 0.15) is 0 Å². The third kappa shape index (κ3) is 5.39. The summed E-state index contributed by atoms with van der Waals surface area (Å²) in [7, 11) is 0. The standard InChI is InChI=1S/C15H24N4O2S.ClH/c1-11-8-12(2-3-16-11)14(20)18-15-17-13(10-22-15)9-19-4-6-21-7-5-19;/h10-12,16H,2-9H2,1H3,(H,17,18,20);1H/t11-,12-;/m0./s1. The van der Waals surface area contributed by atoms with Crippen LogP contribution < -0.4 is 10.6 Å². The van der Waals surface area contributed by atoms with Crippen molar-refractivity contribution in [1.29, 1.82) is 0 Å². The van der Waals surface area contributed by atoms with Crippen molar-refractivity contribution in [2.24, 2.45) is 5.92 Å². The molecule has 0 aliphatic carbocycles. The predicted octanol–water partition coefficient (Wildman–Crippen LogP) is 1.72. The molecule has 0 unspecified atom stereocenters. The molecule has 0 saturated carbocycles. The molecular formula is C15H25ClN4O2S. The Morgan fingerprint density at radius 2 is 2.30 bits per heavy atom. The lowest BCUT2D eigenvalue weighted by Gasteiger charge is -2.26. The highest BCUT2D eigenvalue weighted by Gasteiger charge is 2.25. The molecule has 8 heteroatoms. The van der Waals surface area contributed by atoms with Crippen molar-refractivity contribution < 1.29 is 9.53 Å². The van der Waals surface area contributed by atoms with E-state index in [1.165, 1.54) is 11.3 Å². The van der Waals surface area contributed by atoms with Crippen LogP contribution >= 0.6 is 23.7 Å². The van der Waals surface area contributed by atoms with Gasteiger partial charge in [0.2, 0.25) is 5.91 Å². The van der Waals surface area contributed by atoms with Crippen LogP contribution in [0.25, 0.3) is 0 Å². The third-order valence-corrected chi connectivity index (χ3v) is 5.07. The maximum Gasteiger partial charge on any atom is 0.229 e. The van der Waals surface area contributed by atoms with E-state index in [1.54, 1.807) is 0 Å². The zero-order chi connectivity index (χ0) is 15.4. The van der Waals surface area contributed by atoms with E-state index in [0.29, 0.717) is 6.04 Å². The molecule has 0 spiro atoms. The number of nitrogens with one attached hydrogen (secondary N) is 2. The second-order valence-corrected chi connectivity index (χ2v) is 6.96. The van der Waals surface area contributed by atoms with Gasteiger partial charge in [0, 0.05) is 37.0 Å². The molecule has 3 rings (SSSR count). The molecule has 2 aliphatic rings. The van der Waals surface area contributed by atoms with Crippen LogP contribution in [0.1, 0.15) is 25.5 Å². The Bertz CT molecular complexity index is 507. The van der Waals surface area contributed by atoms with Crippen molar-refractivity contribution in [2.75, 3.05) is 38.2 Å². The third-order valence-electron chi connectivity index (χ3n) is 4.27. The number of piperidine rings is 1. The zero-order valence-electron chi connectivity index (χ0n) is 13.4. The fraction of sp³-hybridized carbons (Fsp3) is 0.733. The number of carbonyl (C=O) groups excluding carboxylic acids is 1. The highest BCUT2D eigenvalue weighted by molar-refractivity contribution is 7.13. The van der Waals surface area contributed by atoms with E-state index in [4.69, 9.17) is 4.74 Å². The summed E-state index contributed by atoms with van der Waals surface area (Å²) >= 11 is 1.51. The first kappa shape index (κ1) is 18.6. The largest absolute Gasteiger partial charge is 0.379 e. The SMILES string of the molecule is C[C@H]1C[C@@H](C(=O)Nc2nc(CN3CCOCC3)cs2)CCN1.Cl. The van der Waals surface area contributed by atoms with Gasteiger partial charge >= 0.3 is 0 Å². The summed E-state index contributed by atoms with van der Waals surface area (Å²) < 4.78 is 5.35. The van der Waals surface area contributed by atoms with Crippen LogP contribution in [-0.4, -0.2) is 54.7 Å². The van der Waals surface area contributed by atoms with Crippen LogP contribution in [0.15, 0.2) is 5.38 Å².